The number of anilines is 6. The second kappa shape index (κ2) is 8.16. The molecule has 0 aliphatic carbocycles. The zero-order chi connectivity index (χ0) is 21.2. The van der Waals surface area contributed by atoms with E-state index in [4.69, 9.17) is 10.2 Å². The van der Waals surface area contributed by atoms with Gasteiger partial charge in [-0.1, -0.05) is 12.1 Å². The van der Waals surface area contributed by atoms with Crippen LogP contribution in [0.4, 0.5) is 34.5 Å². The Bertz CT molecular complexity index is 1180. The van der Waals surface area contributed by atoms with Crippen LogP contribution in [0.15, 0.2) is 65.3 Å². The van der Waals surface area contributed by atoms with E-state index in [9.17, 15) is 0 Å². The van der Waals surface area contributed by atoms with E-state index in [0.29, 0.717) is 28.6 Å². The zero-order valence-electron chi connectivity index (χ0n) is 17.4. The minimum atomic E-state index is 0.484. The molecule has 2 aromatic heterocycles. The van der Waals surface area contributed by atoms with Crippen molar-refractivity contribution in [2.75, 3.05) is 54.5 Å². The molecule has 4 N–H and O–H groups in total. The van der Waals surface area contributed by atoms with Crippen molar-refractivity contribution in [2.24, 2.45) is 0 Å². The van der Waals surface area contributed by atoms with Crippen LogP contribution in [0.5, 0.6) is 0 Å². The van der Waals surface area contributed by atoms with E-state index >= 15 is 0 Å². The molecule has 158 valence electrons. The van der Waals surface area contributed by atoms with Gasteiger partial charge in [0.2, 0.25) is 5.95 Å². The SMILES string of the molecule is CN1CCN(c2ccc(Nc3nc(Nc4ccccc4N)c4occc4n3)cc2)CC1. The third-order valence-electron chi connectivity index (χ3n) is 5.51. The molecule has 0 bridgehead atoms. The molecule has 0 unspecified atom stereocenters. The number of rotatable bonds is 5. The first-order valence-electron chi connectivity index (χ1n) is 10.3. The van der Waals surface area contributed by atoms with Gasteiger partial charge < -0.3 is 30.6 Å². The van der Waals surface area contributed by atoms with Crippen molar-refractivity contribution in [2.45, 2.75) is 0 Å². The van der Waals surface area contributed by atoms with Gasteiger partial charge >= 0.3 is 0 Å². The number of fused-ring (bicyclic) bond motifs is 1. The molecule has 2 aromatic carbocycles. The molecular formula is C23H25N7O. The highest BCUT2D eigenvalue weighted by Gasteiger charge is 2.15. The zero-order valence-corrected chi connectivity index (χ0v) is 17.4. The number of benzene rings is 2. The van der Waals surface area contributed by atoms with Crippen LogP contribution < -0.4 is 21.3 Å². The number of nitrogens with one attached hydrogen (secondary N) is 2. The molecule has 4 aromatic rings. The van der Waals surface area contributed by atoms with Crippen molar-refractivity contribution in [1.29, 1.82) is 0 Å². The maximum absolute atomic E-state index is 6.07. The summed E-state index contributed by atoms with van der Waals surface area (Å²) in [6, 6.07) is 17.7. The molecule has 1 fully saturated rings. The summed E-state index contributed by atoms with van der Waals surface area (Å²) in [5, 5.41) is 6.56. The predicted molar refractivity (Wildman–Crippen MR) is 125 cm³/mol. The van der Waals surface area contributed by atoms with Gasteiger partial charge in [-0.05, 0) is 43.4 Å². The molecule has 1 saturated heterocycles. The normalized spacial score (nSPS) is 14.7. The summed E-state index contributed by atoms with van der Waals surface area (Å²) in [6.07, 6.45) is 1.60. The second-order valence-electron chi connectivity index (χ2n) is 7.71. The molecule has 1 aliphatic heterocycles. The van der Waals surface area contributed by atoms with Crippen LogP contribution in [-0.2, 0) is 0 Å². The van der Waals surface area contributed by atoms with Gasteiger partial charge in [-0.15, -0.1) is 0 Å². The van der Waals surface area contributed by atoms with Crippen molar-refractivity contribution in [1.82, 2.24) is 14.9 Å². The topological polar surface area (TPSA) is 95.5 Å². The molecule has 0 saturated carbocycles. The number of hydrogen-bond donors (Lipinski definition) is 3. The Hall–Kier alpha value is -3.78. The monoisotopic (exact) mass is 415 g/mol. The smallest absolute Gasteiger partial charge is 0.230 e. The molecule has 8 heteroatoms. The van der Waals surface area contributed by atoms with E-state index < -0.39 is 0 Å². The quantitative estimate of drug-likeness (QED) is 0.420. The van der Waals surface area contributed by atoms with E-state index in [1.165, 1.54) is 5.69 Å². The van der Waals surface area contributed by atoms with Crippen molar-refractivity contribution >= 4 is 45.6 Å². The number of likely N-dealkylation sites (N-methyl/N-ethyl adjacent to an activating group) is 1. The van der Waals surface area contributed by atoms with Crippen LogP contribution in [0.25, 0.3) is 11.1 Å². The van der Waals surface area contributed by atoms with E-state index in [1.807, 2.05) is 30.3 Å². The number of nitrogens with zero attached hydrogens (tertiary/aromatic N) is 4. The lowest BCUT2D eigenvalue weighted by Gasteiger charge is -2.34. The number of hydrogen-bond acceptors (Lipinski definition) is 8. The summed E-state index contributed by atoms with van der Waals surface area (Å²) in [6.45, 7) is 4.25. The van der Waals surface area contributed by atoms with E-state index in [2.05, 4.69) is 61.7 Å². The number of furan rings is 1. The van der Waals surface area contributed by atoms with Crippen molar-refractivity contribution in [3.8, 4) is 0 Å². The average molecular weight is 416 g/mol. The van der Waals surface area contributed by atoms with Crippen LogP contribution in [0, 0.1) is 0 Å². The van der Waals surface area contributed by atoms with Crippen molar-refractivity contribution < 1.29 is 4.42 Å². The third kappa shape index (κ3) is 4.10. The van der Waals surface area contributed by atoms with Gasteiger partial charge in [0, 0.05) is 43.6 Å². The number of nitrogen functional groups attached to an aromatic ring is 1. The molecule has 3 heterocycles. The van der Waals surface area contributed by atoms with Gasteiger partial charge in [-0.25, -0.2) is 4.98 Å². The maximum Gasteiger partial charge on any atom is 0.230 e. The molecule has 0 atom stereocenters. The number of aromatic nitrogens is 2. The fraction of sp³-hybridized carbons (Fsp3) is 0.217. The van der Waals surface area contributed by atoms with Crippen LogP contribution in [0.3, 0.4) is 0 Å². The predicted octanol–water partition coefficient (Wildman–Crippen LogP) is 4.04. The number of piperazine rings is 1. The summed E-state index contributed by atoms with van der Waals surface area (Å²) in [4.78, 5) is 14.0. The Labute approximate surface area is 180 Å². The molecule has 8 nitrogen and oxygen atoms in total. The van der Waals surface area contributed by atoms with Gasteiger partial charge in [-0.3, -0.25) is 0 Å². The van der Waals surface area contributed by atoms with Crippen LogP contribution in [0.2, 0.25) is 0 Å². The summed E-state index contributed by atoms with van der Waals surface area (Å²) in [5.74, 6) is 1.04. The fourth-order valence-electron chi connectivity index (χ4n) is 3.69. The lowest BCUT2D eigenvalue weighted by molar-refractivity contribution is 0.313. The van der Waals surface area contributed by atoms with Crippen LogP contribution >= 0.6 is 0 Å². The Morgan fingerprint density at radius 3 is 2.45 bits per heavy atom. The molecule has 0 radical (unpaired) electrons. The molecule has 0 spiro atoms. The Morgan fingerprint density at radius 1 is 0.903 bits per heavy atom. The summed E-state index contributed by atoms with van der Waals surface area (Å²) >= 11 is 0. The first-order chi connectivity index (χ1) is 15.2. The Kier molecular flexibility index (Phi) is 5.05. The average Bonchev–Trinajstić information content (AvgIpc) is 3.25. The summed E-state index contributed by atoms with van der Waals surface area (Å²) in [7, 11) is 2.16. The minimum absolute atomic E-state index is 0.484. The Balaban J connectivity index is 1.37. The highest BCUT2D eigenvalue weighted by Crippen LogP contribution is 2.29. The molecular weight excluding hydrogens is 390 g/mol. The maximum atomic E-state index is 6.07. The van der Waals surface area contributed by atoms with Gasteiger partial charge in [0.15, 0.2) is 11.4 Å². The van der Waals surface area contributed by atoms with E-state index in [1.54, 1.807) is 6.26 Å². The van der Waals surface area contributed by atoms with Gasteiger partial charge in [-0.2, -0.15) is 4.98 Å². The van der Waals surface area contributed by atoms with Gasteiger partial charge in [0.25, 0.3) is 0 Å². The van der Waals surface area contributed by atoms with E-state index in [0.717, 1.165) is 37.6 Å². The van der Waals surface area contributed by atoms with E-state index in [-0.39, 0.29) is 0 Å². The molecule has 1 aliphatic rings. The molecule has 5 rings (SSSR count). The first-order valence-corrected chi connectivity index (χ1v) is 10.3. The van der Waals surface area contributed by atoms with Gasteiger partial charge in [0.1, 0.15) is 5.52 Å². The molecule has 31 heavy (non-hydrogen) atoms. The Morgan fingerprint density at radius 2 is 1.68 bits per heavy atom. The summed E-state index contributed by atoms with van der Waals surface area (Å²) < 4.78 is 5.59. The first kappa shape index (κ1) is 19.2. The molecule has 0 amide bonds. The highest BCUT2D eigenvalue weighted by molar-refractivity contribution is 5.88. The minimum Gasteiger partial charge on any atom is -0.459 e. The largest absolute Gasteiger partial charge is 0.459 e. The second-order valence-corrected chi connectivity index (χ2v) is 7.71. The van der Waals surface area contributed by atoms with Crippen LogP contribution in [-0.4, -0.2) is 48.1 Å². The highest BCUT2D eigenvalue weighted by atomic mass is 16.3. The lowest BCUT2D eigenvalue weighted by atomic mass is 10.2. The summed E-state index contributed by atoms with van der Waals surface area (Å²) in [5.41, 5.74) is 10.9. The van der Waals surface area contributed by atoms with Gasteiger partial charge in [0.05, 0.1) is 17.6 Å². The van der Waals surface area contributed by atoms with Crippen LogP contribution in [0.1, 0.15) is 0 Å². The third-order valence-corrected chi connectivity index (χ3v) is 5.51. The number of para-hydroxylation sites is 2. The van der Waals surface area contributed by atoms with Crippen molar-refractivity contribution in [3.05, 3.63) is 60.9 Å². The lowest BCUT2D eigenvalue weighted by Crippen LogP contribution is -2.44. The fourth-order valence-corrected chi connectivity index (χ4v) is 3.69. The van der Waals surface area contributed by atoms with Crippen molar-refractivity contribution in [3.63, 3.8) is 0 Å². The number of nitrogens with two attached hydrogens (primary N) is 1. The standard InChI is InChI=1S/C23H25N7O/c1-29-11-13-30(14-12-29)17-8-6-16(7-9-17)25-23-27-20-10-15-31-21(20)22(28-23)26-19-5-3-2-4-18(19)24/h2-10,15H,11-14,24H2,1H3,(H2,25,26,27,28).